The molecule has 0 spiro atoms. The topological polar surface area (TPSA) is 151 Å². The predicted octanol–water partition coefficient (Wildman–Crippen LogP) is -1.76. The molecule has 0 unspecified atom stereocenters. The number of carbonyl (C=O) groups excluding carboxylic acids is 4. The van der Waals surface area contributed by atoms with Crippen LogP contribution in [0.25, 0.3) is 0 Å². The van der Waals surface area contributed by atoms with E-state index in [0.717, 1.165) is 20.6 Å². The number of esters is 2. The van der Waals surface area contributed by atoms with E-state index in [1.54, 1.807) is 0 Å². The highest BCUT2D eigenvalue weighted by Gasteiger charge is 2.48. The molecule has 148 valence electrons. The first-order valence-corrected chi connectivity index (χ1v) is 8.35. The Morgan fingerprint density at radius 2 is 1.23 bits per heavy atom. The zero-order chi connectivity index (χ0) is 19.7. The fourth-order valence-corrected chi connectivity index (χ4v) is 2.95. The number of aliphatic hydroxyl groups is 2. The van der Waals surface area contributed by atoms with Gasteiger partial charge in [0.15, 0.2) is 12.1 Å². The summed E-state index contributed by atoms with van der Waals surface area (Å²) < 4.78 is 9.01. The maximum atomic E-state index is 12.8. The number of ether oxygens (including phenoxy) is 2. The second-order valence-electron chi connectivity index (χ2n) is 6.11. The fraction of sp³-hybridized carbons (Fsp3) is 0.750. The third-order valence-electron chi connectivity index (χ3n) is 4.52. The summed E-state index contributed by atoms with van der Waals surface area (Å²) >= 11 is 0. The second-order valence-corrected chi connectivity index (χ2v) is 6.11. The van der Waals surface area contributed by atoms with Crippen molar-refractivity contribution in [2.45, 2.75) is 44.2 Å². The molecule has 0 aromatic rings. The zero-order valence-corrected chi connectivity index (χ0v) is 14.9. The van der Waals surface area contributed by atoms with Gasteiger partial charge in [-0.1, -0.05) is 19.3 Å². The molecule has 4 N–H and O–H groups in total. The Morgan fingerprint density at radius 1 is 0.846 bits per heavy atom. The lowest BCUT2D eigenvalue weighted by molar-refractivity contribution is -0.154. The molecule has 1 fully saturated rings. The Bertz CT molecular complexity index is 490. The monoisotopic (exact) mass is 374 g/mol. The molecular weight excluding hydrogens is 348 g/mol. The summed E-state index contributed by atoms with van der Waals surface area (Å²) in [7, 11) is 2.23. The molecule has 0 saturated heterocycles. The molecule has 0 aromatic carbocycles. The van der Waals surface area contributed by atoms with Gasteiger partial charge in [-0.2, -0.15) is 0 Å². The van der Waals surface area contributed by atoms with Gasteiger partial charge in [0, 0.05) is 0 Å². The standard InChI is InChI=1S/C16H26N2O8/c1-25-12(21)10(8-19)17-14(23)16(6-4-3-5-7-16)15(24)18-11(9-20)13(22)26-2/h10-11,19-20H,3-9H2,1-2H3,(H,17,23)(H,18,24)/t10-,11-/m1/s1. The molecule has 0 bridgehead atoms. The van der Waals surface area contributed by atoms with Gasteiger partial charge in [-0.3, -0.25) is 9.59 Å². The average molecular weight is 374 g/mol. The number of rotatable bonds is 8. The van der Waals surface area contributed by atoms with E-state index >= 15 is 0 Å². The molecule has 1 rings (SSSR count). The lowest BCUT2D eigenvalue weighted by Gasteiger charge is -2.35. The van der Waals surface area contributed by atoms with Crippen LogP contribution in [0.15, 0.2) is 0 Å². The highest BCUT2D eigenvalue weighted by atomic mass is 16.5. The summed E-state index contributed by atoms with van der Waals surface area (Å²) in [5.74, 6) is -3.15. The van der Waals surface area contributed by atoms with E-state index in [2.05, 4.69) is 20.1 Å². The Hall–Kier alpha value is -2.20. The predicted molar refractivity (Wildman–Crippen MR) is 87.6 cm³/mol. The minimum atomic E-state index is -1.51. The Labute approximate surface area is 151 Å². The van der Waals surface area contributed by atoms with Crippen molar-refractivity contribution in [1.29, 1.82) is 0 Å². The smallest absolute Gasteiger partial charge is 0.330 e. The summed E-state index contributed by atoms with van der Waals surface area (Å²) in [6.07, 6.45) is 2.46. The van der Waals surface area contributed by atoms with E-state index in [4.69, 9.17) is 0 Å². The Morgan fingerprint density at radius 3 is 1.54 bits per heavy atom. The number of carbonyl (C=O) groups is 4. The molecule has 1 aliphatic carbocycles. The van der Waals surface area contributed by atoms with E-state index in [0.29, 0.717) is 12.8 Å². The van der Waals surface area contributed by atoms with E-state index in [-0.39, 0.29) is 12.8 Å². The third kappa shape index (κ3) is 4.92. The zero-order valence-electron chi connectivity index (χ0n) is 14.9. The van der Waals surface area contributed by atoms with Gasteiger partial charge in [0.2, 0.25) is 11.8 Å². The molecule has 0 aliphatic heterocycles. The van der Waals surface area contributed by atoms with E-state index in [1.807, 2.05) is 0 Å². The van der Waals surface area contributed by atoms with Crippen LogP contribution in [-0.4, -0.2) is 73.5 Å². The highest BCUT2D eigenvalue weighted by molar-refractivity contribution is 6.07. The Balaban J connectivity index is 3.02. The van der Waals surface area contributed by atoms with E-state index in [1.165, 1.54) is 0 Å². The minimum Gasteiger partial charge on any atom is -0.467 e. The molecule has 1 saturated carbocycles. The number of amides is 2. The van der Waals surface area contributed by atoms with Crippen LogP contribution in [0, 0.1) is 5.41 Å². The first-order valence-electron chi connectivity index (χ1n) is 8.35. The highest BCUT2D eigenvalue weighted by Crippen LogP contribution is 2.37. The largest absolute Gasteiger partial charge is 0.467 e. The lowest BCUT2D eigenvalue weighted by atomic mass is 9.72. The maximum absolute atomic E-state index is 12.8. The molecule has 0 heterocycles. The van der Waals surface area contributed by atoms with Gasteiger partial charge in [-0.15, -0.1) is 0 Å². The van der Waals surface area contributed by atoms with E-state index < -0.39 is 54.5 Å². The SMILES string of the molecule is COC(=O)[C@@H](CO)NC(=O)C1(C(=O)N[C@H](CO)C(=O)OC)CCCCC1. The number of nitrogens with one attached hydrogen (secondary N) is 2. The van der Waals surface area contributed by atoms with Gasteiger partial charge in [-0.05, 0) is 12.8 Å². The van der Waals surface area contributed by atoms with Gasteiger partial charge >= 0.3 is 11.9 Å². The molecule has 10 nitrogen and oxygen atoms in total. The molecule has 2 amide bonds. The second kappa shape index (κ2) is 10.1. The number of aliphatic hydroxyl groups excluding tert-OH is 2. The van der Waals surface area contributed by atoms with Crippen molar-refractivity contribution in [3.63, 3.8) is 0 Å². The first-order chi connectivity index (χ1) is 12.4. The Kier molecular flexibility index (Phi) is 8.46. The minimum absolute atomic E-state index is 0.212. The molecule has 26 heavy (non-hydrogen) atoms. The van der Waals surface area contributed by atoms with Crippen molar-refractivity contribution in [1.82, 2.24) is 10.6 Å². The van der Waals surface area contributed by atoms with Crippen LogP contribution >= 0.6 is 0 Å². The van der Waals surface area contributed by atoms with Crippen LogP contribution in [0.5, 0.6) is 0 Å². The van der Waals surface area contributed by atoms with Crippen molar-refractivity contribution < 1.29 is 38.9 Å². The quantitative estimate of drug-likeness (QED) is 0.288. The molecule has 10 heteroatoms. The van der Waals surface area contributed by atoms with Crippen LogP contribution < -0.4 is 10.6 Å². The van der Waals surface area contributed by atoms with Gasteiger partial charge in [-0.25, -0.2) is 9.59 Å². The third-order valence-corrected chi connectivity index (χ3v) is 4.52. The molecular formula is C16H26N2O8. The summed E-state index contributed by atoms with van der Waals surface area (Å²) in [4.78, 5) is 48.8. The fourth-order valence-electron chi connectivity index (χ4n) is 2.95. The summed E-state index contributed by atoms with van der Waals surface area (Å²) in [5, 5.41) is 23.2. The molecule has 0 radical (unpaired) electrons. The van der Waals surface area contributed by atoms with Crippen molar-refractivity contribution in [3.05, 3.63) is 0 Å². The average Bonchev–Trinajstić information content (AvgIpc) is 2.68. The normalized spacial score (nSPS) is 18.2. The molecule has 0 aromatic heterocycles. The van der Waals surface area contributed by atoms with Gasteiger partial charge in [0.25, 0.3) is 0 Å². The summed E-state index contributed by atoms with van der Waals surface area (Å²) in [5.41, 5.74) is -1.51. The van der Waals surface area contributed by atoms with Crippen molar-refractivity contribution in [2.75, 3.05) is 27.4 Å². The number of hydrogen-bond acceptors (Lipinski definition) is 8. The maximum Gasteiger partial charge on any atom is 0.330 e. The molecule has 1 aliphatic rings. The first kappa shape index (κ1) is 21.8. The molecule has 2 atom stereocenters. The summed E-state index contributed by atoms with van der Waals surface area (Å²) in [6, 6.07) is -2.60. The van der Waals surface area contributed by atoms with E-state index in [9.17, 15) is 29.4 Å². The summed E-state index contributed by atoms with van der Waals surface area (Å²) in [6.45, 7) is -1.37. The van der Waals surface area contributed by atoms with Gasteiger partial charge in [0.05, 0.1) is 27.4 Å². The number of methoxy groups -OCH3 is 2. The van der Waals surface area contributed by atoms with Crippen molar-refractivity contribution >= 4 is 23.8 Å². The number of hydrogen-bond donors (Lipinski definition) is 4. The van der Waals surface area contributed by atoms with Crippen molar-refractivity contribution in [2.24, 2.45) is 5.41 Å². The van der Waals surface area contributed by atoms with Crippen LogP contribution in [0.1, 0.15) is 32.1 Å². The van der Waals surface area contributed by atoms with Crippen LogP contribution in [0.3, 0.4) is 0 Å². The van der Waals surface area contributed by atoms with Gasteiger partial charge in [0.1, 0.15) is 5.41 Å². The van der Waals surface area contributed by atoms with Crippen LogP contribution in [0.4, 0.5) is 0 Å². The lowest BCUT2D eigenvalue weighted by Crippen LogP contribution is -2.59. The van der Waals surface area contributed by atoms with Crippen LogP contribution in [-0.2, 0) is 28.7 Å². The van der Waals surface area contributed by atoms with Gasteiger partial charge < -0.3 is 30.3 Å². The van der Waals surface area contributed by atoms with Crippen LogP contribution in [0.2, 0.25) is 0 Å². The van der Waals surface area contributed by atoms with Crippen molar-refractivity contribution in [3.8, 4) is 0 Å².